The minimum atomic E-state index is -0.238. The summed E-state index contributed by atoms with van der Waals surface area (Å²) in [6.45, 7) is 7.70. The van der Waals surface area contributed by atoms with E-state index < -0.39 is 0 Å². The van der Waals surface area contributed by atoms with Crippen LogP contribution in [0.2, 0.25) is 0 Å². The number of nitrogens with zero attached hydrogens (tertiary/aromatic N) is 2. The van der Waals surface area contributed by atoms with E-state index in [9.17, 15) is 9.18 Å². The van der Waals surface area contributed by atoms with Crippen LogP contribution in [0.25, 0.3) is 0 Å². The Bertz CT molecular complexity index is 550. The minimum absolute atomic E-state index is 0.00806. The first-order valence-corrected chi connectivity index (χ1v) is 9.28. The largest absolute Gasteiger partial charge is 0.324 e. The van der Waals surface area contributed by atoms with Crippen LogP contribution in [0.5, 0.6) is 0 Å². The van der Waals surface area contributed by atoms with Crippen LogP contribution < -0.4 is 5.32 Å². The summed E-state index contributed by atoms with van der Waals surface area (Å²) in [6.07, 6.45) is 0.819. The lowest BCUT2D eigenvalue weighted by molar-refractivity contribution is -0.130. The van der Waals surface area contributed by atoms with E-state index in [0.717, 1.165) is 44.7 Å². The van der Waals surface area contributed by atoms with Crippen LogP contribution in [0.3, 0.4) is 0 Å². The van der Waals surface area contributed by atoms with Crippen molar-refractivity contribution in [2.45, 2.75) is 24.0 Å². The Morgan fingerprint density at radius 1 is 1.30 bits per heavy atom. The second kappa shape index (κ2) is 7.64. The van der Waals surface area contributed by atoms with Crippen molar-refractivity contribution < 1.29 is 9.18 Å². The quantitative estimate of drug-likeness (QED) is 0.892. The lowest BCUT2D eigenvalue weighted by Crippen LogP contribution is -2.47. The molecule has 2 atom stereocenters. The number of nitrogens with one attached hydrogen (secondary N) is 1. The van der Waals surface area contributed by atoms with E-state index in [1.807, 2.05) is 17.9 Å². The summed E-state index contributed by atoms with van der Waals surface area (Å²) in [5.74, 6) is -0.0422. The Hall–Kier alpha value is -1.11. The van der Waals surface area contributed by atoms with Gasteiger partial charge in [-0.15, -0.1) is 11.8 Å². The second-order valence-corrected chi connectivity index (χ2v) is 7.35. The molecule has 2 fully saturated rings. The number of thioether (sulfide) groups is 1. The van der Waals surface area contributed by atoms with Crippen molar-refractivity contribution in [3.63, 3.8) is 0 Å². The Morgan fingerprint density at radius 3 is 2.78 bits per heavy atom. The van der Waals surface area contributed by atoms with Gasteiger partial charge in [-0.2, -0.15) is 0 Å². The summed E-state index contributed by atoms with van der Waals surface area (Å²) >= 11 is 1.65. The molecule has 2 heterocycles. The lowest BCUT2D eigenvalue weighted by atomic mass is 10.2. The normalized spacial score (nSPS) is 26.0. The molecule has 0 saturated carbocycles. The fraction of sp³-hybridized carbons (Fsp3) is 0.588. The Morgan fingerprint density at radius 2 is 2.09 bits per heavy atom. The van der Waals surface area contributed by atoms with Gasteiger partial charge in [0.2, 0.25) is 5.91 Å². The summed E-state index contributed by atoms with van der Waals surface area (Å²) in [5.41, 5.74) is 0.889. The van der Waals surface area contributed by atoms with E-state index in [2.05, 4.69) is 10.2 Å². The molecule has 0 bridgehead atoms. The van der Waals surface area contributed by atoms with E-state index in [-0.39, 0.29) is 22.3 Å². The molecule has 1 N–H and O–H groups in total. The number of carbonyl (C=O) groups is 1. The van der Waals surface area contributed by atoms with Crippen LogP contribution in [0, 0.1) is 5.82 Å². The number of amides is 1. The zero-order valence-electron chi connectivity index (χ0n) is 13.5. The minimum Gasteiger partial charge on any atom is -0.324 e. The highest BCUT2D eigenvalue weighted by Gasteiger charge is 2.39. The van der Waals surface area contributed by atoms with Crippen LogP contribution in [0.1, 0.15) is 24.3 Å². The molecule has 126 valence electrons. The predicted molar refractivity (Wildman–Crippen MR) is 91.8 cm³/mol. The fourth-order valence-electron chi connectivity index (χ4n) is 3.19. The first kappa shape index (κ1) is 16.7. The van der Waals surface area contributed by atoms with Crippen LogP contribution in [0.15, 0.2) is 24.3 Å². The Balaban J connectivity index is 1.71. The van der Waals surface area contributed by atoms with Crippen molar-refractivity contribution in [3.8, 4) is 0 Å². The van der Waals surface area contributed by atoms with Crippen molar-refractivity contribution in [2.24, 2.45) is 0 Å². The third-order valence-electron chi connectivity index (χ3n) is 4.51. The van der Waals surface area contributed by atoms with Crippen LogP contribution in [0.4, 0.5) is 4.39 Å². The molecule has 0 aliphatic carbocycles. The van der Waals surface area contributed by atoms with Crippen molar-refractivity contribution in [2.75, 3.05) is 39.3 Å². The van der Waals surface area contributed by atoms with Gasteiger partial charge in [0.25, 0.3) is 0 Å². The number of benzene rings is 1. The average Bonchev–Trinajstić information content (AvgIpc) is 2.90. The molecule has 0 aromatic heterocycles. The third kappa shape index (κ3) is 3.87. The van der Waals surface area contributed by atoms with Gasteiger partial charge >= 0.3 is 0 Å². The van der Waals surface area contributed by atoms with Gasteiger partial charge in [-0.1, -0.05) is 19.1 Å². The Kier molecular flexibility index (Phi) is 5.56. The van der Waals surface area contributed by atoms with E-state index in [1.54, 1.807) is 23.9 Å². The maximum Gasteiger partial charge on any atom is 0.236 e. The van der Waals surface area contributed by atoms with E-state index >= 15 is 0 Å². The molecule has 6 heteroatoms. The van der Waals surface area contributed by atoms with Gasteiger partial charge in [0.05, 0.1) is 5.25 Å². The summed E-state index contributed by atoms with van der Waals surface area (Å²) in [4.78, 5) is 17.0. The van der Waals surface area contributed by atoms with Crippen molar-refractivity contribution in [3.05, 3.63) is 35.6 Å². The molecule has 2 aliphatic rings. The molecular weight excluding hydrogens is 313 g/mol. The molecule has 4 nitrogen and oxygen atoms in total. The molecule has 2 aliphatic heterocycles. The zero-order chi connectivity index (χ0) is 16.2. The van der Waals surface area contributed by atoms with Gasteiger partial charge in [0.1, 0.15) is 11.2 Å². The summed E-state index contributed by atoms with van der Waals surface area (Å²) in [5, 5.41) is 3.27. The molecule has 3 rings (SSSR count). The van der Waals surface area contributed by atoms with Gasteiger partial charge in [-0.05, 0) is 24.1 Å². The molecule has 2 unspecified atom stereocenters. The fourth-order valence-corrected chi connectivity index (χ4v) is 4.60. The van der Waals surface area contributed by atoms with Gasteiger partial charge in [-0.25, -0.2) is 4.39 Å². The van der Waals surface area contributed by atoms with Crippen molar-refractivity contribution in [1.29, 1.82) is 0 Å². The maximum absolute atomic E-state index is 13.6. The number of carbonyl (C=O) groups excluding carboxylic acids is 1. The highest BCUT2D eigenvalue weighted by atomic mass is 32.2. The third-order valence-corrected chi connectivity index (χ3v) is 6.15. The lowest BCUT2D eigenvalue weighted by Gasteiger charge is -2.31. The number of halogens is 1. The topological polar surface area (TPSA) is 35.6 Å². The second-order valence-electron chi connectivity index (χ2n) is 6.06. The molecule has 23 heavy (non-hydrogen) atoms. The zero-order valence-corrected chi connectivity index (χ0v) is 14.3. The summed E-state index contributed by atoms with van der Waals surface area (Å²) in [6, 6.07) is 6.65. The average molecular weight is 337 g/mol. The number of piperazine rings is 1. The monoisotopic (exact) mass is 337 g/mol. The molecule has 1 aromatic rings. The molecule has 2 saturated heterocycles. The van der Waals surface area contributed by atoms with Crippen molar-refractivity contribution in [1.82, 2.24) is 15.1 Å². The number of hydrogen-bond donors (Lipinski definition) is 1. The van der Waals surface area contributed by atoms with Gasteiger partial charge in [0.15, 0.2) is 0 Å². The van der Waals surface area contributed by atoms with Gasteiger partial charge < -0.3 is 10.2 Å². The highest BCUT2D eigenvalue weighted by Crippen LogP contribution is 2.44. The molecular formula is C17H24FN3OS. The van der Waals surface area contributed by atoms with Crippen LogP contribution >= 0.6 is 11.8 Å². The highest BCUT2D eigenvalue weighted by molar-refractivity contribution is 8.01. The van der Waals surface area contributed by atoms with E-state index in [4.69, 9.17) is 0 Å². The summed E-state index contributed by atoms with van der Waals surface area (Å²) in [7, 11) is 0. The maximum atomic E-state index is 13.6. The van der Waals surface area contributed by atoms with Gasteiger partial charge in [0, 0.05) is 39.3 Å². The first-order valence-electron chi connectivity index (χ1n) is 8.33. The molecule has 1 amide bonds. The summed E-state index contributed by atoms with van der Waals surface area (Å²) < 4.78 is 13.6. The molecule has 1 aromatic carbocycles. The molecule has 0 spiro atoms. The van der Waals surface area contributed by atoms with E-state index in [1.165, 1.54) is 6.07 Å². The first-order chi connectivity index (χ1) is 11.2. The SMILES string of the molecule is CCC1SC(c2cccc(F)c2)N(CCN2CCNCC2)C1=O. The standard InChI is InChI=1S/C17H24FN3OS/c1-2-15-16(22)21(11-10-20-8-6-19-7-9-20)17(23-15)13-4-3-5-14(18)12-13/h3-5,12,15,17,19H,2,6-11H2,1H3. The van der Waals surface area contributed by atoms with E-state index in [0.29, 0.717) is 6.54 Å². The molecule has 0 radical (unpaired) electrons. The van der Waals surface area contributed by atoms with Crippen LogP contribution in [-0.2, 0) is 4.79 Å². The smallest absolute Gasteiger partial charge is 0.236 e. The number of rotatable bonds is 5. The predicted octanol–water partition coefficient (Wildman–Crippen LogP) is 2.08. The number of hydrogen-bond acceptors (Lipinski definition) is 4. The van der Waals surface area contributed by atoms with Crippen molar-refractivity contribution >= 4 is 17.7 Å². The van der Waals surface area contributed by atoms with Gasteiger partial charge in [-0.3, -0.25) is 9.69 Å². The Labute approximate surface area is 141 Å². The van der Waals surface area contributed by atoms with Crippen LogP contribution in [-0.4, -0.2) is 60.2 Å².